The lowest BCUT2D eigenvalue weighted by molar-refractivity contribution is -0.132. The number of nitrogens with two attached hydrogens (primary N) is 1. The van der Waals surface area contributed by atoms with Gasteiger partial charge in [-0.2, -0.15) is 0 Å². The minimum atomic E-state index is -0.701. The first-order valence-electron chi connectivity index (χ1n) is 12.5. The summed E-state index contributed by atoms with van der Waals surface area (Å²) in [6.07, 6.45) is 4.77. The number of carbonyl (C=O) groups excluding carboxylic acids is 1. The van der Waals surface area contributed by atoms with E-state index in [9.17, 15) is 4.79 Å². The van der Waals surface area contributed by atoms with Gasteiger partial charge in [-0.1, -0.05) is 82.6 Å². The smallest absolute Gasteiger partial charge is 0.225 e. The van der Waals surface area contributed by atoms with Crippen LogP contribution < -0.4 is 11.1 Å². The number of ether oxygens (including phenoxy) is 1. The van der Waals surface area contributed by atoms with Crippen LogP contribution in [0, 0.1) is 34.0 Å². The first-order chi connectivity index (χ1) is 13.8. The van der Waals surface area contributed by atoms with Gasteiger partial charge in [-0.15, -0.1) is 0 Å². The molecule has 0 aliphatic rings. The maximum Gasteiger partial charge on any atom is 0.225 e. The van der Waals surface area contributed by atoms with E-state index in [1.54, 1.807) is 0 Å². The second kappa shape index (κ2) is 12.0. The number of carbonyl (C=O) groups is 1. The Morgan fingerprint density at radius 1 is 0.968 bits per heavy atom. The van der Waals surface area contributed by atoms with Crippen molar-refractivity contribution >= 4 is 5.91 Å². The second-order valence-electron chi connectivity index (χ2n) is 13.1. The standard InChI is InChI=1S/C27H56N2O2/c1-13-22(5)25(8,9)14-15-31-27(12,28)19-24(6,7)18-26(10,11)23(30)29-17-21(4)16-20(2)3/h20-22H,13-19,28H2,1-12H3,(H,29,30). The Kier molecular flexibility index (Phi) is 11.8. The van der Waals surface area contributed by atoms with Crippen molar-refractivity contribution in [2.75, 3.05) is 13.2 Å². The van der Waals surface area contributed by atoms with Gasteiger partial charge in [0.2, 0.25) is 5.91 Å². The number of rotatable bonds is 15. The molecule has 0 heterocycles. The zero-order chi connectivity index (χ0) is 24.7. The molecule has 0 bridgehead atoms. The first kappa shape index (κ1) is 30.4. The van der Waals surface area contributed by atoms with Crippen LogP contribution in [0.3, 0.4) is 0 Å². The Morgan fingerprint density at radius 3 is 2.00 bits per heavy atom. The highest BCUT2D eigenvalue weighted by Crippen LogP contribution is 2.40. The van der Waals surface area contributed by atoms with Gasteiger partial charge in [0.05, 0.1) is 0 Å². The van der Waals surface area contributed by atoms with E-state index in [0.717, 1.165) is 25.8 Å². The molecule has 0 aromatic heterocycles. The summed E-state index contributed by atoms with van der Waals surface area (Å²) in [5, 5.41) is 3.18. The van der Waals surface area contributed by atoms with E-state index < -0.39 is 11.1 Å². The van der Waals surface area contributed by atoms with Gasteiger partial charge in [-0.05, 0) is 61.2 Å². The third kappa shape index (κ3) is 12.3. The van der Waals surface area contributed by atoms with Crippen LogP contribution in [0.15, 0.2) is 0 Å². The van der Waals surface area contributed by atoms with Crippen LogP contribution in [0.4, 0.5) is 0 Å². The zero-order valence-corrected chi connectivity index (χ0v) is 23.1. The highest BCUT2D eigenvalue weighted by Gasteiger charge is 2.38. The van der Waals surface area contributed by atoms with Crippen molar-refractivity contribution in [1.29, 1.82) is 0 Å². The molecule has 0 aromatic rings. The van der Waals surface area contributed by atoms with Gasteiger partial charge in [-0.25, -0.2) is 0 Å². The average Bonchev–Trinajstić information content (AvgIpc) is 2.55. The summed E-state index contributed by atoms with van der Waals surface area (Å²) in [5.41, 5.74) is 5.54. The van der Waals surface area contributed by atoms with Crippen LogP contribution in [0.5, 0.6) is 0 Å². The fourth-order valence-corrected chi connectivity index (χ4v) is 5.08. The minimum Gasteiger partial charge on any atom is -0.361 e. The summed E-state index contributed by atoms with van der Waals surface area (Å²) < 4.78 is 6.16. The van der Waals surface area contributed by atoms with Gasteiger partial charge < -0.3 is 15.8 Å². The van der Waals surface area contributed by atoms with Crippen molar-refractivity contribution in [3.8, 4) is 0 Å². The number of hydrogen-bond acceptors (Lipinski definition) is 3. The molecule has 3 N–H and O–H groups in total. The van der Waals surface area contributed by atoms with Gasteiger partial charge in [0.1, 0.15) is 5.72 Å². The van der Waals surface area contributed by atoms with Crippen molar-refractivity contribution in [3.05, 3.63) is 0 Å². The molecule has 4 nitrogen and oxygen atoms in total. The van der Waals surface area contributed by atoms with Crippen molar-refractivity contribution in [3.63, 3.8) is 0 Å². The summed E-state index contributed by atoms with van der Waals surface area (Å²) in [4.78, 5) is 12.9. The molecule has 4 heteroatoms. The summed E-state index contributed by atoms with van der Waals surface area (Å²) in [5.74, 6) is 1.93. The van der Waals surface area contributed by atoms with Gasteiger partial charge in [0.15, 0.2) is 0 Å². The maximum absolute atomic E-state index is 12.9. The summed E-state index contributed by atoms with van der Waals surface area (Å²) in [6.45, 7) is 27.7. The molecule has 0 aliphatic heterocycles. The fraction of sp³-hybridized carbons (Fsp3) is 0.963. The van der Waals surface area contributed by atoms with Crippen LogP contribution in [0.25, 0.3) is 0 Å². The molecular weight excluding hydrogens is 384 g/mol. The van der Waals surface area contributed by atoms with Crippen LogP contribution in [0.1, 0.15) is 115 Å². The molecule has 186 valence electrons. The summed E-state index contributed by atoms with van der Waals surface area (Å²) >= 11 is 0. The average molecular weight is 441 g/mol. The van der Waals surface area contributed by atoms with E-state index in [1.165, 1.54) is 6.42 Å². The number of hydrogen-bond donors (Lipinski definition) is 2. The van der Waals surface area contributed by atoms with Gasteiger partial charge >= 0.3 is 0 Å². The van der Waals surface area contributed by atoms with Crippen molar-refractivity contribution in [2.45, 2.75) is 121 Å². The molecule has 0 saturated heterocycles. The molecule has 0 fully saturated rings. The lowest BCUT2D eigenvalue weighted by atomic mass is 9.71. The molecule has 0 aliphatic carbocycles. The van der Waals surface area contributed by atoms with E-state index in [2.05, 4.69) is 67.6 Å². The molecule has 3 unspecified atom stereocenters. The fourth-order valence-electron chi connectivity index (χ4n) is 5.08. The Morgan fingerprint density at radius 2 is 1.52 bits per heavy atom. The Hall–Kier alpha value is -0.610. The SMILES string of the molecule is CCC(C)C(C)(C)CCOC(C)(N)CC(C)(C)CC(C)(C)C(=O)NCC(C)CC(C)C. The monoisotopic (exact) mass is 440 g/mol. The first-order valence-corrected chi connectivity index (χ1v) is 12.5. The summed E-state index contributed by atoms with van der Waals surface area (Å²) in [7, 11) is 0. The molecule has 0 saturated carbocycles. The van der Waals surface area contributed by atoms with Crippen molar-refractivity contribution in [2.24, 2.45) is 39.7 Å². The highest BCUT2D eigenvalue weighted by atomic mass is 16.5. The third-order valence-electron chi connectivity index (χ3n) is 6.97. The van der Waals surface area contributed by atoms with Gasteiger partial charge in [-0.3, -0.25) is 4.79 Å². The lowest BCUT2D eigenvalue weighted by Gasteiger charge is -2.40. The van der Waals surface area contributed by atoms with E-state index in [0.29, 0.717) is 30.8 Å². The largest absolute Gasteiger partial charge is 0.361 e. The quantitative estimate of drug-likeness (QED) is 0.276. The van der Waals surface area contributed by atoms with E-state index in [4.69, 9.17) is 10.5 Å². The highest BCUT2D eigenvalue weighted by molar-refractivity contribution is 5.81. The van der Waals surface area contributed by atoms with Crippen LogP contribution in [-0.4, -0.2) is 24.8 Å². The van der Waals surface area contributed by atoms with Crippen LogP contribution in [0.2, 0.25) is 0 Å². The van der Waals surface area contributed by atoms with E-state index in [1.807, 2.05) is 20.8 Å². The molecule has 31 heavy (non-hydrogen) atoms. The molecule has 0 radical (unpaired) electrons. The lowest BCUT2D eigenvalue weighted by Crippen LogP contribution is -2.47. The van der Waals surface area contributed by atoms with Crippen molar-refractivity contribution in [1.82, 2.24) is 5.32 Å². The van der Waals surface area contributed by atoms with Crippen LogP contribution >= 0.6 is 0 Å². The molecule has 0 aromatic carbocycles. The van der Waals surface area contributed by atoms with Gasteiger partial charge in [0, 0.05) is 18.6 Å². The summed E-state index contributed by atoms with van der Waals surface area (Å²) in [6, 6.07) is 0. The molecule has 3 atom stereocenters. The maximum atomic E-state index is 12.9. The van der Waals surface area contributed by atoms with E-state index >= 15 is 0 Å². The Bertz CT molecular complexity index is 535. The number of nitrogens with one attached hydrogen (secondary N) is 1. The van der Waals surface area contributed by atoms with Crippen molar-refractivity contribution < 1.29 is 9.53 Å². The molecule has 0 spiro atoms. The molecular formula is C27H56N2O2. The van der Waals surface area contributed by atoms with E-state index in [-0.39, 0.29) is 16.7 Å². The minimum absolute atomic E-state index is 0.111. The predicted octanol–water partition coefficient (Wildman–Crippen LogP) is 6.77. The second-order valence-corrected chi connectivity index (χ2v) is 13.1. The topological polar surface area (TPSA) is 64.3 Å². The predicted molar refractivity (Wildman–Crippen MR) is 135 cm³/mol. The van der Waals surface area contributed by atoms with Crippen LogP contribution in [-0.2, 0) is 9.53 Å². The van der Waals surface area contributed by atoms with Gasteiger partial charge in [0.25, 0.3) is 0 Å². The molecule has 1 amide bonds. The Labute approximate surface area is 194 Å². The normalized spacial score (nSPS) is 17.4. The zero-order valence-electron chi connectivity index (χ0n) is 23.1. The number of amides is 1. The third-order valence-corrected chi connectivity index (χ3v) is 6.97. The Balaban J connectivity index is 4.78. The molecule has 0 rings (SSSR count).